The summed E-state index contributed by atoms with van der Waals surface area (Å²) in [6, 6.07) is 0.781. The molecule has 6 aliphatic carbocycles. The summed E-state index contributed by atoms with van der Waals surface area (Å²) in [5.74, 6) is 1.38. The van der Waals surface area contributed by atoms with Crippen molar-refractivity contribution < 1.29 is 33.6 Å². The highest BCUT2D eigenvalue weighted by atomic mass is 32.1. The van der Waals surface area contributed by atoms with Crippen LogP contribution in [0, 0.1) is 5.92 Å². The van der Waals surface area contributed by atoms with Gasteiger partial charge in [-0.15, -0.1) is 34.0 Å². The number of thiophene rings is 3. The highest BCUT2D eigenvalue weighted by molar-refractivity contribution is 7.19. The van der Waals surface area contributed by atoms with Crippen molar-refractivity contribution in [3.63, 3.8) is 0 Å². The van der Waals surface area contributed by atoms with Gasteiger partial charge >= 0.3 is 12.1 Å². The Morgan fingerprint density at radius 3 is 1.36 bits per heavy atom. The Hall–Kier alpha value is -4.78. The normalized spacial score (nSPS) is 23.9. The van der Waals surface area contributed by atoms with E-state index in [2.05, 4.69) is 47.6 Å². The average molecular weight is 1050 g/mol. The first kappa shape index (κ1) is 51.7. The predicted octanol–water partition coefficient (Wildman–Crippen LogP) is 11.9. The number of carboxylic acids is 1. The number of nitrogens with zero attached hydrogens (tertiary/aromatic N) is 6. The number of ether oxygens (including phenoxy) is 4. The van der Waals surface area contributed by atoms with Crippen LogP contribution in [0.4, 0.5) is 4.79 Å². The number of alkyl carbamates (subject to hydrolysis) is 1. The van der Waals surface area contributed by atoms with Crippen LogP contribution < -0.4 is 24.8 Å². The minimum atomic E-state index is -0.675. The molecule has 0 spiro atoms. The summed E-state index contributed by atoms with van der Waals surface area (Å²) in [6.45, 7) is 5.65. The number of carbonyl (C=O) groups is 2. The molecule has 392 valence electrons. The molecule has 6 heterocycles. The lowest BCUT2D eigenvalue weighted by Crippen LogP contribution is -2.39. The third-order valence-electron chi connectivity index (χ3n) is 15.5. The standard InChI is InChI=1S/C21H29N3O3S.C17H23N3OS.C17H20N2O3S/c1-21(2,3)27-20(25)24-13-6-4-7-14(11-10-13)26-18-17-15-8-5-9-16(15)28-19(17)23-12-22-18;1-18-11-4-2-5-12(9-8-11)21-16-15-13-6-3-7-14(13)22-17(15)20-10-19-16;20-17(21)10-3-1-4-11(8-7-10)22-15-14-12-5-2-6-13(12)23-16(14)19-9-18-15/h12-14H,4-11H2,1-3H3,(H,24,25);10-12,18H,2-9H2,1H3;9-11H,1-8H2,(H,20,21). The van der Waals surface area contributed by atoms with Gasteiger partial charge in [-0.3, -0.25) is 4.79 Å². The number of amides is 1. The fourth-order valence-electron chi connectivity index (χ4n) is 11.8. The molecule has 3 saturated carbocycles. The third-order valence-corrected chi connectivity index (χ3v) is 19.1. The second kappa shape index (κ2) is 23.4. The molecule has 3 N–H and O–H groups in total. The van der Waals surface area contributed by atoms with Crippen molar-refractivity contribution in [3.05, 3.63) is 50.3 Å². The lowest BCUT2D eigenvalue weighted by molar-refractivity contribution is -0.142. The topological polar surface area (TPSA) is 193 Å². The van der Waals surface area contributed by atoms with Crippen LogP contribution >= 0.6 is 34.0 Å². The number of fused-ring (bicyclic) bond motifs is 9. The lowest BCUT2D eigenvalue weighted by atomic mass is 10.0. The average Bonchev–Trinajstić information content (AvgIpc) is 4.19. The van der Waals surface area contributed by atoms with Crippen LogP contribution in [0.25, 0.3) is 30.6 Å². The Bertz CT molecular complexity index is 2880. The van der Waals surface area contributed by atoms with Gasteiger partial charge in [-0.2, -0.15) is 0 Å². The van der Waals surface area contributed by atoms with Crippen molar-refractivity contribution in [2.45, 2.75) is 211 Å². The van der Waals surface area contributed by atoms with Crippen molar-refractivity contribution in [2.75, 3.05) is 7.05 Å². The summed E-state index contributed by atoms with van der Waals surface area (Å²) >= 11 is 5.38. The number of carbonyl (C=O) groups excluding carboxylic acids is 1. The smallest absolute Gasteiger partial charge is 0.407 e. The van der Waals surface area contributed by atoms with Gasteiger partial charge in [0.25, 0.3) is 0 Å². The van der Waals surface area contributed by atoms with E-state index >= 15 is 0 Å². The summed E-state index contributed by atoms with van der Waals surface area (Å²) in [5, 5.41) is 19.1. The van der Waals surface area contributed by atoms with Crippen LogP contribution in [0.5, 0.6) is 17.6 Å². The quantitative estimate of drug-likeness (QED) is 0.116. The maximum Gasteiger partial charge on any atom is 0.407 e. The van der Waals surface area contributed by atoms with Crippen molar-refractivity contribution in [1.82, 2.24) is 40.5 Å². The van der Waals surface area contributed by atoms with Crippen LogP contribution in [-0.4, -0.2) is 90.1 Å². The third kappa shape index (κ3) is 12.5. The lowest BCUT2D eigenvalue weighted by Gasteiger charge is -2.23. The minimum absolute atomic E-state index is 0.0643. The van der Waals surface area contributed by atoms with E-state index in [-0.39, 0.29) is 30.3 Å². The van der Waals surface area contributed by atoms with Gasteiger partial charge in [0.2, 0.25) is 17.6 Å². The van der Waals surface area contributed by atoms with Crippen molar-refractivity contribution in [3.8, 4) is 17.6 Å². The van der Waals surface area contributed by atoms with Crippen LogP contribution in [0.3, 0.4) is 0 Å². The van der Waals surface area contributed by atoms with E-state index in [1.165, 1.54) is 81.7 Å². The SMILES string of the molecule is CC(C)(C)OC(=O)NC1CCCC(Oc2ncnc3sc4c(c23)CCC4)CC1.CNC1CCCC(Oc2ncnc3sc4c(c23)CCC4)CC1.O=C(O)C1CCCC(Oc2ncnc3sc4c(c23)CCC4)CC1. The molecule has 6 atom stereocenters. The zero-order valence-electron chi connectivity index (χ0n) is 43.0. The molecule has 3 fully saturated rings. The molecule has 6 aromatic rings. The van der Waals surface area contributed by atoms with E-state index in [1.54, 1.807) is 41.7 Å². The Balaban J connectivity index is 0.000000127. The number of carboxylic acid groups (broad SMARTS) is 1. The Morgan fingerprint density at radius 2 is 0.932 bits per heavy atom. The highest BCUT2D eigenvalue weighted by Gasteiger charge is 2.30. The maximum atomic E-state index is 12.1. The Kier molecular flexibility index (Phi) is 16.6. The van der Waals surface area contributed by atoms with E-state index in [1.807, 2.05) is 32.1 Å². The van der Waals surface area contributed by atoms with Crippen molar-refractivity contribution >= 4 is 76.7 Å². The summed E-state index contributed by atoms with van der Waals surface area (Å²) in [7, 11) is 2.06. The number of aromatic nitrogens is 6. The van der Waals surface area contributed by atoms with Crippen LogP contribution in [0.1, 0.15) is 168 Å². The number of aryl methyl sites for hydroxylation is 6. The predicted molar refractivity (Wildman–Crippen MR) is 288 cm³/mol. The number of hydrogen-bond acceptors (Lipinski definition) is 16. The van der Waals surface area contributed by atoms with Gasteiger partial charge in [0.05, 0.1) is 22.1 Å². The van der Waals surface area contributed by atoms with E-state index in [0.717, 1.165) is 140 Å². The Morgan fingerprint density at radius 1 is 0.521 bits per heavy atom. The number of aliphatic carboxylic acids is 1. The molecule has 6 aliphatic rings. The highest BCUT2D eigenvalue weighted by Crippen LogP contribution is 2.43. The number of hydrogen-bond donors (Lipinski definition) is 3. The molecule has 6 unspecified atom stereocenters. The van der Waals surface area contributed by atoms with E-state index in [0.29, 0.717) is 24.4 Å². The zero-order chi connectivity index (χ0) is 50.5. The molecule has 0 aromatic carbocycles. The van der Waals surface area contributed by atoms with Gasteiger partial charge in [0.1, 0.15) is 57.4 Å². The van der Waals surface area contributed by atoms with Crippen molar-refractivity contribution in [2.24, 2.45) is 5.92 Å². The first-order valence-electron chi connectivity index (χ1n) is 27.1. The summed E-state index contributed by atoms with van der Waals surface area (Å²) < 4.78 is 24.3. The van der Waals surface area contributed by atoms with Crippen LogP contribution in [0.15, 0.2) is 19.0 Å². The maximum absolute atomic E-state index is 12.1. The fourth-order valence-corrected chi connectivity index (χ4v) is 15.4. The number of nitrogens with one attached hydrogen (secondary N) is 2. The fraction of sp³-hybridized carbons (Fsp3) is 0.636. The van der Waals surface area contributed by atoms with Gasteiger partial charge in [-0.05, 0) is 199 Å². The van der Waals surface area contributed by atoms with E-state index in [4.69, 9.17) is 18.9 Å². The molecule has 15 nitrogen and oxygen atoms in total. The van der Waals surface area contributed by atoms with Crippen molar-refractivity contribution in [1.29, 1.82) is 0 Å². The molecule has 1 amide bonds. The molecule has 0 aliphatic heterocycles. The van der Waals surface area contributed by atoms with Gasteiger partial charge in [-0.25, -0.2) is 34.7 Å². The minimum Gasteiger partial charge on any atom is -0.481 e. The van der Waals surface area contributed by atoms with Gasteiger partial charge in [0.15, 0.2) is 0 Å². The van der Waals surface area contributed by atoms with E-state index < -0.39 is 11.6 Å². The zero-order valence-corrected chi connectivity index (χ0v) is 45.4. The largest absolute Gasteiger partial charge is 0.481 e. The Labute approximate surface area is 440 Å². The molecular formula is C55H72N8O7S3. The first-order chi connectivity index (χ1) is 35.5. The monoisotopic (exact) mass is 1050 g/mol. The van der Waals surface area contributed by atoms with Gasteiger partial charge in [0, 0.05) is 26.7 Å². The molecule has 12 rings (SSSR count). The van der Waals surface area contributed by atoms with Crippen LogP contribution in [0.2, 0.25) is 0 Å². The molecule has 18 heteroatoms. The molecular weight excluding hydrogens is 981 g/mol. The molecule has 0 saturated heterocycles. The number of rotatable bonds is 9. The molecule has 73 heavy (non-hydrogen) atoms. The second-order valence-electron chi connectivity index (χ2n) is 21.8. The molecule has 0 radical (unpaired) electrons. The first-order valence-corrected chi connectivity index (χ1v) is 29.6. The second-order valence-corrected chi connectivity index (χ2v) is 25.0. The van der Waals surface area contributed by atoms with E-state index in [9.17, 15) is 14.7 Å². The van der Waals surface area contributed by atoms with Crippen LogP contribution in [-0.2, 0) is 48.1 Å². The van der Waals surface area contributed by atoms with Gasteiger partial charge < -0.3 is 34.7 Å². The summed E-state index contributed by atoms with van der Waals surface area (Å²) in [5.41, 5.74) is 3.75. The summed E-state index contributed by atoms with van der Waals surface area (Å²) in [6.07, 6.45) is 30.2. The molecule has 6 aromatic heterocycles. The molecule has 0 bridgehead atoms. The summed E-state index contributed by atoms with van der Waals surface area (Å²) in [4.78, 5) is 57.5. The van der Waals surface area contributed by atoms with Gasteiger partial charge in [-0.1, -0.05) is 0 Å².